The molecule has 1 heterocycles. The van der Waals surface area contributed by atoms with E-state index in [1.54, 1.807) is 11.3 Å². The Morgan fingerprint density at radius 3 is 2.65 bits per heavy atom. The maximum absolute atomic E-state index is 9.00. The average Bonchev–Trinajstić information content (AvgIpc) is 2.73. The van der Waals surface area contributed by atoms with Crippen LogP contribution in [0.15, 0.2) is 38.6 Å². The van der Waals surface area contributed by atoms with E-state index in [9.17, 15) is 0 Å². The third kappa shape index (κ3) is 3.55. The summed E-state index contributed by atoms with van der Waals surface area (Å²) in [5.74, 6) is 0.784. The monoisotopic (exact) mass is 376 g/mol. The maximum Gasteiger partial charge on any atom is 0.134 e. The minimum absolute atomic E-state index is 0.0384. The van der Waals surface area contributed by atoms with Gasteiger partial charge in [-0.1, -0.05) is 6.07 Å². The van der Waals surface area contributed by atoms with E-state index in [0.29, 0.717) is 6.61 Å². The molecule has 0 saturated heterocycles. The summed E-state index contributed by atoms with van der Waals surface area (Å²) in [6, 6.07) is 7.61. The summed E-state index contributed by atoms with van der Waals surface area (Å²) in [4.78, 5) is 1.16. The first-order chi connectivity index (χ1) is 8.19. The van der Waals surface area contributed by atoms with E-state index in [0.717, 1.165) is 25.1 Å². The molecule has 0 atom stereocenters. The first kappa shape index (κ1) is 13.1. The average molecular weight is 378 g/mol. The largest absolute Gasteiger partial charge is 0.487 e. The lowest BCUT2D eigenvalue weighted by Crippen LogP contribution is -1.94. The van der Waals surface area contributed by atoms with Crippen molar-refractivity contribution in [3.8, 4) is 5.75 Å². The number of halogens is 2. The topological polar surface area (TPSA) is 29.5 Å². The summed E-state index contributed by atoms with van der Waals surface area (Å²) in [5.41, 5.74) is 0.864. The Morgan fingerprint density at radius 2 is 2.06 bits per heavy atom. The van der Waals surface area contributed by atoms with Crippen LogP contribution in [-0.2, 0) is 13.2 Å². The van der Waals surface area contributed by atoms with Crippen LogP contribution >= 0.6 is 43.2 Å². The van der Waals surface area contributed by atoms with Crippen molar-refractivity contribution in [2.75, 3.05) is 0 Å². The lowest BCUT2D eigenvalue weighted by Gasteiger charge is -2.08. The Balaban J connectivity index is 2.04. The van der Waals surface area contributed by atoms with E-state index in [2.05, 4.69) is 31.9 Å². The predicted molar refractivity (Wildman–Crippen MR) is 76.4 cm³/mol. The smallest absolute Gasteiger partial charge is 0.134 e. The first-order valence-electron chi connectivity index (χ1n) is 4.94. The summed E-state index contributed by atoms with van der Waals surface area (Å²) >= 11 is 8.49. The number of hydrogen-bond donors (Lipinski definition) is 1. The van der Waals surface area contributed by atoms with Gasteiger partial charge in [-0.3, -0.25) is 0 Å². The molecule has 1 N–H and O–H groups in total. The number of benzene rings is 1. The van der Waals surface area contributed by atoms with E-state index in [1.807, 2.05) is 29.6 Å². The Bertz CT molecular complexity index is 511. The minimum atomic E-state index is 0.0384. The Labute approximate surface area is 121 Å². The zero-order chi connectivity index (χ0) is 12.3. The number of aliphatic hydroxyl groups excluding tert-OH is 1. The van der Waals surface area contributed by atoms with E-state index < -0.39 is 0 Å². The normalized spacial score (nSPS) is 10.5. The summed E-state index contributed by atoms with van der Waals surface area (Å²) < 4.78 is 7.64. The van der Waals surface area contributed by atoms with Crippen LogP contribution in [0.2, 0.25) is 0 Å². The third-order valence-corrected chi connectivity index (χ3v) is 4.46. The van der Waals surface area contributed by atoms with Crippen molar-refractivity contribution in [1.82, 2.24) is 0 Å². The van der Waals surface area contributed by atoms with E-state index >= 15 is 0 Å². The second-order valence-electron chi connectivity index (χ2n) is 3.44. The molecule has 0 fully saturated rings. The fraction of sp³-hybridized carbons (Fsp3) is 0.167. The van der Waals surface area contributed by atoms with Gasteiger partial charge >= 0.3 is 0 Å². The molecule has 2 nitrogen and oxygen atoms in total. The lowest BCUT2D eigenvalue weighted by atomic mass is 10.2. The maximum atomic E-state index is 9.00. The van der Waals surface area contributed by atoms with Gasteiger partial charge in [0, 0.05) is 14.7 Å². The molecule has 2 aromatic rings. The van der Waals surface area contributed by atoms with Crippen molar-refractivity contribution in [2.45, 2.75) is 13.2 Å². The molecule has 1 aromatic carbocycles. The molecule has 0 saturated carbocycles. The molecule has 0 spiro atoms. The Kier molecular flexibility index (Phi) is 4.62. The van der Waals surface area contributed by atoms with Gasteiger partial charge in [0.25, 0.3) is 0 Å². The molecular formula is C12H10Br2O2S. The molecule has 0 amide bonds. The quantitative estimate of drug-likeness (QED) is 0.858. The van der Waals surface area contributed by atoms with Gasteiger partial charge in [-0.05, 0) is 55.6 Å². The zero-order valence-corrected chi connectivity index (χ0v) is 12.8. The van der Waals surface area contributed by atoms with Gasteiger partial charge in [0.2, 0.25) is 0 Å². The van der Waals surface area contributed by atoms with Crippen LogP contribution in [0.1, 0.15) is 10.4 Å². The molecule has 0 radical (unpaired) electrons. The number of aliphatic hydroxyl groups is 1. The minimum Gasteiger partial charge on any atom is -0.487 e. The standard InChI is InChI=1S/C12H10Br2O2S/c13-9-4-10(17-7-9)6-16-12-2-1-8(5-15)3-11(12)14/h1-4,7,15H,5-6H2. The van der Waals surface area contributed by atoms with Gasteiger partial charge in [0.1, 0.15) is 12.4 Å². The van der Waals surface area contributed by atoms with Crippen molar-refractivity contribution in [3.05, 3.63) is 49.0 Å². The van der Waals surface area contributed by atoms with Gasteiger partial charge in [-0.2, -0.15) is 0 Å². The summed E-state index contributed by atoms with van der Waals surface area (Å²) in [7, 11) is 0. The molecule has 1 aromatic heterocycles. The predicted octanol–water partition coefficient (Wildman–Crippen LogP) is 4.34. The molecule has 5 heteroatoms. The van der Waals surface area contributed by atoms with Gasteiger partial charge in [0.15, 0.2) is 0 Å². The summed E-state index contributed by atoms with van der Waals surface area (Å²) in [6.45, 7) is 0.587. The van der Waals surface area contributed by atoms with Crippen LogP contribution in [0.25, 0.3) is 0 Å². The van der Waals surface area contributed by atoms with E-state index in [1.165, 1.54) is 0 Å². The number of ether oxygens (including phenoxy) is 1. The van der Waals surface area contributed by atoms with Crippen molar-refractivity contribution in [3.63, 3.8) is 0 Å². The summed E-state index contributed by atoms with van der Waals surface area (Å²) in [6.07, 6.45) is 0. The number of rotatable bonds is 4. The highest BCUT2D eigenvalue weighted by molar-refractivity contribution is 9.10. The van der Waals surface area contributed by atoms with Gasteiger partial charge < -0.3 is 9.84 Å². The number of thiophene rings is 1. The highest BCUT2D eigenvalue weighted by Gasteiger charge is 2.04. The third-order valence-electron chi connectivity index (χ3n) is 2.17. The van der Waals surface area contributed by atoms with Crippen LogP contribution in [0, 0.1) is 0 Å². The second-order valence-corrected chi connectivity index (χ2v) is 6.21. The Hall–Kier alpha value is -0.360. The van der Waals surface area contributed by atoms with E-state index in [4.69, 9.17) is 9.84 Å². The van der Waals surface area contributed by atoms with Crippen molar-refractivity contribution < 1.29 is 9.84 Å². The fourth-order valence-electron chi connectivity index (χ4n) is 1.34. The van der Waals surface area contributed by atoms with Gasteiger partial charge in [-0.15, -0.1) is 11.3 Å². The molecule has 17 heavy (non-hydrogen) atoms. The van der Waals surface area contributed by atoms with Gasteiger partial charge in [-0.25, -0.2) is 0 Å². The van der Waals surface area contributed by atoms with Crippen molar-refractivity contribution >= 4 is 43.2 Å². The highest BCUT2D eigenvalue weighted by atomic mass is 79.9. The molecule has 0 aliphatic rings. The molecule has 0 bridgehead atoms. The number of hydrogen-bond acceptors (Lipinski definition) is 3. The first-order valence-corrected chi connectivity index (χ1v) is 7.40. The molecular weight excluding hydrogens is 368 g/mol. The second kappa shape index (κ2) is 6.00. The molecule has 2 rings (SSSR count). The van der Waals surface area contributed by atoms with Crippen LogP contribution in [0.4, 0.5) is 0 Å². The zero-order valence-electron chi connectivity index (χ0n) is 8.82. The molecule has 90 valence electrons. The van der Waals surface area contributed by atoms with Crippen LogP contribution in [0.5, 0.6) is 5.75 Å². The van der Waals surface area contributed by atoms with Crippen LogP contribution in [0.3, 0.4) is 0 Å². The van der Waals surface area contributed by atoms with E-state index in [-0.39, 0.29) is 6.61 Å². The van der Waals surface area contributed by atoms with Crippen LogP contribution in [-0.4, -0.2) is 5.11 Å². The molecule has 0 aliphatic heterocycles. The SMILES string of the molecule is OCc1ccc(OCc2cc(Br)cs2)c(Br)c1. The van der Waals surface area contributed by atoms with Crippen molar-refractivity contribution in [1.29, 1.82) is 0 Å². The Morgan fingerprint density at radius 1 is 1.24 bits per heavy atom. The van der Waals surface area contributed by atoms with Gasteiger partial charge in [0.05, 0.1) is 11.1 Å². The van der Waals surface area contributed by atoms with Crippen molar-refractivity contribution in [2.24, 2.45) is 0 Å². The molecule has 0 aliphatic carbocycles. The fourth-order valence-corrected chi connectivity index (χ4v) is 3.24. The highest BCUT2D eigenvalue weighted by Crippen LogP contribution is 2.28. The van der Waals surface area contributed by atoms with Crippen LogP contribution < -0.4 is 4.74 Å². The lowest BCUT2D eigenvalue weighted by molar-refractivity contribution is 0.280. The summed E-state index contributed by atoms with van der Waals surface area (Å²) in [5, 5.41) is 11.0. The molecule has 0 unspecified atom stereocenters.